The van der Waals surface area contributed by atoms with Gasteiger partial charge in [-0.15, -0.1) is 11.8 Å². The molecule has 2 aliphatic rings. The highest BCUT2D eigenvalue weighted by Crippen LogP contribution is 2.36. The van der Waals surface area contributed by atoms with E-state index >= 15 is 0 Å². The summed E-state index contributed by atoms with van der Waals surface area (Å²) in [6.07, 6.45) is 0.939. The van der Waals surface area contributed by atoms with Crippen LogP contribution in [-0.4, -0.2) is 53.0 Å². The first-order chi connectivity index (χ1) is 14.0. The van der Waals surface area contributed by atoms with Gasteiger partial charge in [0.25, 0.3) is 5.91 Å². The number of nitrogens with zero attached hydrogens (tertiary/aromatic N) is 2. The number of hydrogen-bond donors (Lipinski definition) is 1. The second kappa shape index (κ2) is 8.78. The third-order valence-corrected chi connectivity index (χ3v) is 6.78. The minimum atomic E-state index is -0.110. The lowest BCUT2D eigenvalue weighted by molar-refractivity contribution is -0.115. The Morgan fingerprint density at radius 2 is 1.93 bits per heavy atom. The maximum atomic E-state index is 13.1. The lowest BCUT2D eigenvalue weighted by Gasteiger charge is -2.24. The summed E-state index contributed by atoms with van der Waals surface area (Å²) in [5, 5.41) is 3.55. The average molecular weight is 430 g/mol. The highest BCUT2D eigenvalue weighted by Gasteiger charge is 2.25. The Hall–Kier alpha value is -2.02. The van der Waals surface area contributed by atoms with Crippen molar-refractivity contribution in [1.29, 1.82) is 0 Å². The predicted octanol–water partition coefficient (Wildman–Crippen LogP) is 4.12. The van der Waals surface area contributed by atoms with E-state index in [1.165, 1.54) is 17.3 Å². The molecule has 0 bridgehead atoms. The van der Waals surface area contributed by atoms with Crippen molar-refractivity contribution in [2.45, 2.75) is 30.0 Å². The van der Waals surface area contributed by atoms with Crippen molar-refractivity contribution in [3.63, 3.8) is 0 Å². The van der Waals surface area contributed by atoms with E-state index in [-0.39, 0.29) is 17.1 Å². The van der Waals surface area contributed by atoms with Gasteiger partial charge in [0.05, 0.1) is 10.9 Å². The maximum Gasteiger partial charge on any atom is 0.253 e. The Balaban J connectivity index is 1.40. The van der Waals surface area contributed by atoms with Crippen LogP contribution in [0.3, 0.4) is 0 Å². The SMILES string of the molecule is CC1Sc2ccc(C(=O)N3CCCN(Cc4ccc(Cl)cc4)CC3)cc2NC1=O. The zero-order valence-electron chi connectivity index (χ0n) is 16.4. The van der Waals surface area contributed by atoms with Crippen LogP contribution in [0.2, 0.25) is 5.02 Å². The molecule has 4 rings (SSSR count). The van der Waals surface area contributed by atoms with E-state index in [1.807, 2.05) is 42.2 Å². The molecule has 2 heterocycles. The lowest BCUT2D eigenvalue weighted by atomic mass is 10.1. The van der Waals surface area contributed by atoms with Crippen LogP contribution in [0.25, 0.3) is 0 Å². The van der Waals surface area contributed by atoms with E-state index in [0.717, 1.165) is 48.2 Å². The fourth-order valence-corrected chi connectivity index (χ4v) is 4.76. The van der Waals surface area contributed by atoms with Gasteiger partial charge in [-0.1, -0.05) is 23.7 Å². The summed E-state index contributed by atoms with van der Waals surface area (Å²) >= 11 is 7.50. The average Bonchev–Trinajstić information content (AvgIpc) is 2.95. The molecule has 0 radical (unpaired) electrons. The monoisotopic (exact) mass is 429 g/mol. The van der Waals surface area contributed by atoms with Gasteiger partial charge < -0.3 is 10.2 Å². The van der Waals surface area contributed by atoms with Crippen molar-refractivity contribution >= 4 is 40.9 Å². The highest BCUT2D eigenvalue weighted by molar-refractivity contribution is 8.00. The van der Waals surface area contributed by atoms with Gasteiger partial charge in [0, 0.05) is 48.2 Å². The van der Waals surface area contributed by atoms with Gasteiger partial charge in [0.1, 0.15) is 0 Å². The summed E-state index contributed by atoms with van der Waals surface area (Å²) in [6.45, 7) is 5.98. The van der Waals surface area contributed by atoms with Crippen molar-refractivity contribution in [3.05, 3.63) is 58.6 Å². The molecule has 1 atom stereocenters. The number of amides is 2. The smallest absolute Gasteiger partial charge is 0.253 e. The van der Waals surface area contributed by atoms with E-state index in [0.29, 0.717) is 12.1 Å². The van der Waals surface area contributed by atoms with Crippen molar-refractivity contribution in [2.75, 3.05) is 31.5 Å². The van der Waals surface area contributed by atoms with Gasteiger partial charge in [-0.05, 0) is 49.2 Å². The largest absolute Gasteiger partial charge is 0.337 e. The normalized spacial score (nSPS) is 20.0. The Morgan fingerprint density at radius 3 is 2.72 bits per heavy atom. The molecule has 0 spiro atoms. The Kier molecular flexibility index (Phi) is 6.13. The van der Waals surface area contributed by atoms with Crippen molar-refractivity contribution in [3.8, 4) is 0 Å². The zero-order chi connectivity index (χ0) is 20.4. The summed E-state index contributed by atoms with van der Waals surface area (Å²) in [4.78, 5) is 30.3. The van der Waals surface area contributed by atoms with Gasteiger partial charge in [-0.2, -0.15) is 0 Å². The van der Waals surface area contributed by atoms with Crippen LogP contribution in [-0.2, 0) is 11.3 Å². The standard InChI is InChI=1S/C22H24ClN3O2S/c1-15-21(27)24-19-13-17(5-8-20(19)29-15)22(28)26-10-2-9-25(11-12-26)14-16-3-6-18(23)7-4-16/h3-8,13,15H,2,9-12,14H2,1H3,(H,24,27). The number of carbonyl (C=O) groups excluding carboxylic acids is 2. The van der Waals surface area contributed by atoms with E-state index in [1.54, 1.807) is 0 Å². The molecule has 2 aromatic carbocycles. The van der Waals surface area contributed by atoms with E-state index in [4.69, 9.17) is 11.6 Å². The molecule has 1 saturated heterocycles. The maximum absolute atomic E-state index is 13.1. The van der Waals surface area contributed by atoms with E-state index in [2.05, 4.69) is 22.3 Å². The van der Waals surface area contributed by atoms with Crippen molar-refractivity contribution in [1.82, 2.24) is 9.80 Å². The number of halogens is 1. The summed E-state index contributed by atoms with van der Waals surface area (Å²) in [6, 6.07) is 13.6. The number of thioether (sulfide) groups is 1. The summed E-state index contributed by atoms with van der Waals surface area (Å²) in [7, 11) is 0. The molecule has 0 aromatic heterocycles. The number of hydrogen-bond acceptors (Lipinski definition) is 4. The van der Waals surface area contributed by atoms with Crippen LogP contribution in [0, 0.1) is 0 Å². The first-order valence-electron chi connectivity index (χ1n) is 9.87. The van der Waals surface area contributed by atoms with Gasteiger partial charge in [0.15, 0.2) is 0 Å². The molecule has 7 heteroatoms. The van der Waals surface area contributed by atoms with Crippen molar-refractivity contribution < 1.29 is 9.59 Å². The molecule has 1 fully saturated rings. The second-order valence-electron chi connectivity index (χ2n) is 7.51. The highest BCUT2D eigenvalue weighted by atomic mass is 35.5. The summed E-state index contributed by atoms with van der Waals surface area (Å²) < 4.78 is 0. The predicted molar refractivity (Wildman–Crippen MR) is 118 cm³/mol. The number of nitrogens with one attached hydrogen (secondary N) is 1. The number of benzene rings is 2. The third-order valence-electron chi connectivity index (χ3n) is 5.35. The number of carbonyl (C=O) groups is 2. The minimum Gasteiger partial charge on any atom is -0.337 e. The topological polar surface area (TPSA) is 52.7 Å². The second-order valence-corrected chi connectivity index (χ2v) is 9.33. The van der Waals surface area contributed by atoms with Gasteiger partial charge >= 0.3 is 0 Å². The minimum absolute atomic E-state index is 0.0142. The third kappa shape index (κ3) is 4.77. The molecule has 5 nitrogen and oxygen atoms in total. The van der Waals surface area contributed by atoms with Crippen molar-refractivity contribution in [2.24, 2.45) is 0 Å². The van der Waals surface area contributed by atoms with E-state index in [9.17, 15) is 9.59 Å². The molecule has 2 amide bonds. The lowest BCUT2D eigenvalue weighted by Crippen LogP contribution is -2.35. The number of rotatable bonds is 3. The molecule has 0 saturated carbocycles. The quantitative estimate of drug-likeness (QED) is 0.797. The molecule has 29 heavy (non-hydrogen) atoms. The van der Waals surface area contributed by atoms with Gasteiger partial charge in [-0.3, -0.25) is 14.5 Å². The Bertz CT molecular complexity index is 919. The molecular weight excluding hydrogens is 406 g/mol. The first kappa shape index (κ1) is 20.3. The Morgan fingerprint density at radius 1 is 1.14 bits per heavy atom. The molecule has 2 aliphatic heterocycles. The zero-order valence-corrected chi connectivity index (χ0v) is 17.9. The fraction of sp³-hybridized carbons (Fsp3) is 0.364. The Labute approximate surface area is 180 Å². The molecule has 152 valence electrons. The first-order valence-corrected chi connectivity index (χ1v) is 11.1. The molecule has 0 aliphatic carbocycles. The number of fused-ring (bicyclic) bond motifs is 1. The van der Waals surface area contributed by atoms with Gasteiger partial charge in [0.2, 0.25) is 5.91 Å². The molecule has 1 N–H and O–H groups in total. The van der Waals surface area contributed by atoms with Crippen LogP contribution in [0.5, 0.6) is 0 Å². The molecule has 2 aromatic rings. The van der Waals surface area contributed by atoms with Crippen LogP contribution in [0.15, 0.2) is 47.4 Å². The summed E-state index contributed by atoms with van der Waals surface area (Å²) in [5.41, 5.74) is 2.60. The van der Waals surface area contributed by atoms with Crippen LogP contribution >= 0.6 is 23.4 Å². The van der Waals surface area contributed by atoms with Crippen LogP contribution in [0.4, 0.5) is 5.69 Å². The van der Waals surface area contributed by atoms with Crippen LogP contribution < -0.4 is 5.32 Å². The van der Waals surface area contributed by atoms with Gasteiger partial charge in [-0.25, -0.2) is 0 Å². The summed E-state index contributed by atoms with van der Waals surface area (Å²) in [5.74, 6) is 0.0127. The molecule has 1 unspecified atom stereocenters. The number of anilines is 1. The van der Waals surface area contributed by atoms with Crippen LogP contribution in [0.1, 0.15) is 29.3 Å². The van der Waals surface area contributed by atoms with E-state index < -0.39 is 0 Å². The molecular formula is C22H24ClN3O2S. The fourth-order valence-electron chi connectivity index (χ4n) is 3.70.